The van der Waals surface area contributed by atoms with Gasteiger partial charge in [0.1, 0.15) is 5.75 Å². The molecule has 0 aromatic heterocycles. The first kappa shape index (κ1) is 14.2. The first-order chi connectivity index (χ1) is 9.54. The Morgan fingerprint density at radius 3 is 2.60 bits per heavy atom. The fourth-order valence-corrected chi connectivity index (χ4v) is 1.74. The molecule has 0 saturated carbocycles. The number of rotatable bonds is 4. The van der Waals surface area contributed by atoms with Crippen LogP contribution in [0.15, 0.2) is 42.5 Å². The predicted molar refractivity (Wildman–Crippen MR) is 81.2 cm³/mol. The molecule has 1 amide bonds. The molecule has 0 bridgehead atoms. The first-order valence-electron chi connectivity index (χ1n) is 6.09. The summed E-state index contributed by atoms with van der Waals surface area (Å²) in [7, 11) is 0. The third-order valence-electron chi connectivity index (χ3n) is 2.74. The summed E-state index contributed by atoms with van der Waals surface area (Å²) in [4.78, 5) is 11.7. The number of ether oxygens (including phenoxy) is 1. The molecule has 0 atom stereocenters. The maximum absolute atomic E-state index is 11.7. The van der Waals surface area contributed by atoms with Crippen molar-refractivity contribution in [3.8, 4) is 5.75 Å². The Balaban J connectivity index is 1.88. The van der Waals surface area contributed by atoms with Gasteiger partial charge in [0.15, 0.2) is 6.61 Å². The average molecular weight is 291 g/mol. The first-order valence-corrected chi connectivity index (χ1v) is 6.47. The van der Waals surface area contributed by atoms with Crippen LogP contribution < -0.4 is 15.8 Å². The zero-order valence-electron chi connectivity index (χ0n) is 11.0. The van der Waals surface area contributed by atoms with E-state index in [0.717, 1.165) is 5.56 Å². The highest BCUT2D eigenvalue weighted by Gasteiger charge is 2.04. The maximum Gasteiger partial charge on any atom is 0.262 e. The van der Waals surface area contributed by atoms with E-state index < -0.39 is 0 Å². The second-order valence-electron chi connectivity index (χ2n) is 4.36. The van der Waals surface area contributed by atoms with Crippen LogP contribution in [0.2, 0.25) is 5.02 Å². The number of hydrogen-bond acceptors (Lipinski definition) is 3. The largest absolute Gasteiger partial charge is 0.484 e. The van der Waals surface area contributed by atoms with Gasteiger partial charge in [-0.25, -0.2) is 0 Å². The lowest BCUT2D eigenvalue weighted by Gasteiger charge is -2.09. The summed E-state index contributed by atoms with van der Waals surface area (Å²) >= 11 is 5.77. The number of hydrogen-bond donors (Lipinski definition) is 2. The highest BCUT2D eigenvalue weighted by Crippen LogP contribution is 2.18. The van der Waals surface area contributed by atoms with Gasteiger partial charge in [0.2, 0.25) is 0 Å². The van der Waals surface area contributed by atoms with E-state index in [1.165, 1.54) is 0 Å². The number of anilines is 2. The van der Waals surface area contributed by atoms with Crippen LogP contribution in [0.3, 0.4) is 0 Å². The second kappa shape index (κ2) is 6.30. The Morgan fingerprint density at radius 1 is 1.25 bits per heavy atom. The van der Waals surface area contributed by atoms with Gasteiger partial charge in [0.05, 0.1) is 0 Å². The highest BCUT2D eigenvalue weighted by atomic mass is 35.5. The summed E-state index contributed by atoms with van der Waals surface area (Å²) in [6, 6.07) is 12.2. The number of aryl methyl sites for hydroxylation is 1. The number of benzene rings is 2. The van der Waals surface area contributed by atoms with Crippen molar-refractivity contribution >= 4 is 28.9 Å². The Kier molecular flexibility index (Phi) is 4.48. The molecule has 5 heteroatoms. The van der Waals surface area contributed by atoms with Crippen LogP contribution in [0.5, 0.6) is 5.75 Å². The van der Waals surface area contributed by atoms with Crippen molar-refractivity contribution in [1.29, 1.82) is 0 Å². The fraction of sp³-hybridized carbons (Fsp3) is 0.133. The van der Waals surface area contributed by atoms with E-state index in [2.05, 4.69) is 5.32 Å². The molecule has 0 unspecified atom stereocenters. The zero-order valence-corrected chi connectivity index (χ0v) is 11.8. The topological polar surface area (TPSA) is 64.3 Å². The van der Waals surface area contributed by atoms with Crippen LogP contribution in [0.4, 0.5) is 11.4 Å². The lowest BCUT2D eigenvalue weighted by Crippen LogP contribution is -2.20. The molecular weight excluding hydrogens is 276 g/mol. The second-order valence-corrected chi connectivity index (χ2v) is 4.80. The van der Waals surface area contributed by atoms with E-state index in [-0.39, 0.29) is 12.5 Å². The molecule has 0 radical (unpaired) electrons. The Labute approximate surface area is 122 Å². The molecule has 0 aliphatic carbocycles. The van der Waals surface area contributed by atoms with Crippen molar-refractivity contribution in [1.82, 2.24) is 0 Å². The molecule has 0 heterocycles. The van der Waals surface area contributed by atoms with E-state index in [1.54, 1.807) is 42.5 Å². The van der Waals surface area contributed by atoms with Crippen LogP contribution in [0, 0.1) is 6.92 Å². The van der Waals surface area contributed by atoms with Gasteiger partial charge in [-0.1, -0.05) is 11.6 Å². The van der Waals surface area contributed by atoms with Crippen LogP contribution in [-0.2, 0) is 4.79 Å². The molecule has 0 spiro atoms. The van der Waals surface area contributed by atoms with E-state index in [0.29, 0.717) is 22.1 Å². The maximum atomic E-state index is 11.7. The SMILES string of the molecule is Cc1cc(OCC(=O)Nc2ccc(Cl)cc2)ccc1N. The van der Waals surface area contributed by atoms with Crippen molar-refractivity contribution in [2.24, 2.45) is 0 Å². The molecule has 4 nitrogen and oxygen atoms in total. The smallest absolute Gasteiger partial charge is 0.262 e. The number of amides is 1. The van der Waals surface area contributed by atoms with Crippen molar-refractivity contribution in [3.63, 3.8) is 0 Å². The molecule has 2 aromatic rings. The van der Waals surface area contributed by atoms with E-state index in [4.69, 9.17) is 22.1 Å². The van der Waals surface area contributed by atoms with E-state index >= 15 is 0 Å². The molecular formula is C15H15ClN2O2. The normalized spacial score (nSPS) is 10.1. The molecule has 20 heavy (non-hydrogen) atoms. The fourth-order valence-electron chi connectivity index (χ4n) is 1.62. The summed E-state index contributed by atoms with van der Waals surface area (Å²) in [5.41, 5.74) is 8.01. The van der Waals surface area contributed by atoms with Crippen LogP contribution in [0.25, 0.3) is 0 Å². The third-order valence-corrected chi connectivity index (χ3v) is 2.99. The van der Waals surface area contributed by atoms with Gasteiger partial charge in [-0.15, -0.1) is 0 Å². The van der Waals surface area contributed by atoms with E-state index in [1.807, 2.05) is 6.92 Å². The van der Waals surface area contributed by atoms with Gasteiger partial charge in [-0.3, -0.25) is 4.79 Å². The number of carbonyl (C=O) groups is 1. The third kappa shape index (κ3) is 3.90. The monoisotopic (exact) mass is 290 g/mol. The summed E-state index contributed by atoms with van der Waals surface area (Å²) in [6.45, 7) is 1.82. The van der Waals surface area contributed by atoms with Crippen LogP contribution >= 0.6 is 11.6 Å². The van der Waals surface area contributed by atoms with Crippen molar-refractivity contribution < 1.29 is 9.53 Å². The highest BCUT2D eigenvalue weighted by molar-refractivity contribution is 6.30. The van der Waals surface area contributed by atoms with Crippen molar-refractivity contribution in [3.05, 3.63) is 53.1 Å². The molecule has 0 saturated heterocycles. The number of halogens is 1. The van der Waals surface area contributed by atoms with Gasteiger partial charge >= 0.3 is 0 Å². The van der Waals surface area contributed by atoms with Crippen molar-refractivity contribution in [2.75, 3.05) is 17.7 Å². The zero-order chi connectivity index (χ0) is 14.5. The molecule has 3 N–H and O–H groups in total. The molecule has 0 aliphatic rings. The standard InChI is InChI=1S/C15H15ClN2O2/c1-10-8-13(6-7-14(10)17)20-9-15(19)18-12-4-2-11(16)3-5-12/h2-8H,9,17H2,1H3,(H,18,19). The Bertz CT molecular complexity index is 612. The van der Waals surface area contributed by atoms with Gasteiger partial charge in [0.25, 0.3) is 5.91 Å². The molecule has 2 rings (SSSR count). The summed E-state index contributed by atoms with van der Waals surface area (Å²) < 4.78 is 5.41. The van der Waals surface area contributed by atoms with Gasteiger partial charge in [-0.05, 0) is 55.0 Å². The van der Waals surface area contributed by atoms with Crippen molar-refractivity contribution in [2.45, 2.75) is 6.92 Å². The predicted octanol–water partition coefficient (Wildman–Crippen LogP) is 3.25. The minimum Gasteiger partial charge on any atom is -0.484 e. The van der Waals surface area contributed by atoms with Crippen LogP contribution in [0.1, 0.15) is 5.56 Å². The lowest BCUT2D eigenvalue weighted by atomic mass is 10.2. The summed E-state index contributed by atoms with van der Waals surface area (Å²) in [5.74, 6) is 0.379. The molecule has 104 valence electrons. The minimum atomic E-state index is -0.234. The van der Waals surface area contributed by atoms with E-state index in [9.17, 15) is 4.79 Å². The average Bonchev–Trinajstić information content (AvgIpc) is 2.43. The number of nitrogens with two attached hydrogens (primary N) is 1. The summed E-state index contributed by atoms with van der Waals surface area (Å²) in [6.07, 6.45) is 0. The molecule has 0 aliphatic heterocycles. The van der Waals surface area contributed by atoms with Gasteiger partial charge in [0, 0.05) is 16.4 Å². The molecule has 0 fully saturated rings. The Hall–Kier alpha value is -2.20. The number of nitrogen functional groups attached to an aromatic ring is 1. The van der Waals surface area contributed by atoms with Gasteiger partial charge < -0.3 is 15.8 Å². The lowest BCUT2D eigenvalue weighted by molar-refractivity contribution is -0.118. The quantitative estimate of drug-likeness (QED) is 0.850. The van der Waals surface area contributed by atoms with Crippen LogP contribution in [-0.4, -0.2) is 12.5 Å². The number of carbonyl (C=O) groups excluding carboxylic acids is 1. The number of nitrogens with one attached hydrogen (secondary N) is 1. The minimum absolute atomic E-state index is 0.0635. The van der Waals surface area contributed by atoms with Gasteiger partial charge in [-0.2, -0.15) is 0 Å². The molecule has 2 aromatic carbocycles. The summed E-state index contributed by atoms with van der Waals surface area (Å²) in [5, 5.41) is 3.34. The Morgan fingerprint density at radius 2 is 1.95 bits per heavy atom.